The maximum atomic E-state index is 12.5. The maximum absolute atomic E-state index is 12.5. The van der Waals surface area contributed by atoms with Gasteiger partial charge in [-0.1, -0.05) is 11.6 Å². The predicted octanol–water partition coefficient (Wildman–Crippen LogP) is 5.04. The van der Waals surface area contributed by atoms with Gasteiger partial charge in [0.2, 0.25) is 0 Å². The molecule has 0 radical (unpaired) electrons. The number of rotatable bonds is 3. The molecule has 2 fully saturated rings. The lowest BCUT2D eigenvalue weighted by Crippen LogP contribution is -2.56. The molecular weight excluding hydrogens is 344 g/mol. The number of nitrogens with one attached hydrogen (secondary N) is 1. The molecule has 0 aliphatic carbocycles. The third-order valence-corrected chi connectivity index (χ3v) is 6.99. The van der Waals surface area contributed by atoms with Crippen LogP contribution in [0, 0.1) is 6.92 Å². The minimum absolute atomic E-state index is 0.0358. The molecule has 26 heavy (non-hydrogen) atoms. The van der Waals surface area contributed by atoms with Crippen molar-refractivity contribution in [1.29, 1.82) is 0 Å². The van der Waals surface area contributed by atoms with Gasteiger partial charge in [-0.3, -0.25) is 5.32 Å². The number of ether oxygens (including phenoxy) is 1. The first-order valence-corrected chi connectivity index (χ1v) is 10.3. The van der Waals surface area contributed by atoms with E-state index in [0.717, 1.165) is 34.1 Å². The zero-order chi connectivity index (χ0) is 18.3. The van der Waals surface area contributed by atoms with Crippen molar-refractivity contribution in [3.63, 3.8) is 0 Å². The van der Waals surface area contributed by atoms with Gasteiger partial charge in [0.1, 0.15) is 6.10 Å². The smallest absolute Gasteiger partial charge is 0.411 e. The Morgan fingerprint density at radius 2 is 1.92 bits per heavy atom. The Hall–Kier alpha value is -1.85. The Kier molecular flexibility index (Phi) is 4.53. The fourth-order valence-electron chi connectivity index (χ4n) is 4.64. The molecule has 138 valence electrons. The van der Waals surface area contributed by atoms with Gasteiger partial charge in [0.15, 0.2) is 0 Å². The van der Waals surface area contributed by atoms with E-state index in [2.05, 4.69) is 49.2 Å². The SMILES string of the molecule is Cc1ccc(NC(=O)OC2C[C@H]3CC[C@@H](C2)[N+]3(C)C)c(-c2ccsc2)c1. The Morgan fingerprint density at radius 1 is 1.19 bits per heavy atom. The predicted molar refractivity (Wildman–Crippen MR) is 107 cm³/mol. The molecule has 1 aromatic carbocycles. The number of thiophene rings is 1. The number of carbonyl (C=O) groups is 1. The molecule has 0 spiro atoms. The Balaban J connectivity index is 1.45. The van der Waals surface area contributed by atoms with Crippen molar-refractivity contribution in [3.05, 3.63) is 40.6 Å². The summed E-state index contributed by atoms with van der Waals surface area (Å²) >= 11 is 1.66. The van der Waals surface area contributed by atoms with Crippen molar-refractivity contribution in [2.75, 3.05) is 19.4 Å². The Bertz CT molecular complexity index is 784. The summed E-state index contributed by atoms with van der Waals surface area (Å²) in [5.41, 5.74) is 4.16. The highest BCUT2D eigenvalue weighted by molar-refractivity contribution is 7.08. The van der Waals surface area contributed by atoms with Crippen molar-refractivity contribution in [3.8, 4) is 11.1 Å². The molecule has 2 aromatic rings. The molecule has 1 amide bonds. The van der Waals surface area contributed by atoms with Crippen LogP contribution in [0.1, 0.15) is 31.2 Å². The van der Waals surface area contributed by atoms with Crippen molar-refractivity contribution in [2.45, 2.75) is 50.8 Å². The first-order chi connectivity index (χ1) is 12.4. The molecule has 1 unspecified atom stereocenters. The Morgan fingerprint density at radius 3 is 2.58 bits per heavy atom. The number of benzene rings is 1. The molecule has 3 heterocycles. The van der Waals surface area contributed by atoms with Crippen LogP contribution in [0.5, 0.6) is 0 Å². The monoisotopic (exact) mass is 371 g/mol. The zero-order valence-corrected chi connectivity index (χ0v) is 16.5. The molecule has 4 rings (SSSR count). The first-order valence-electron chi connectivity index (χ1n) is 9.37. The van der Waals surface area contributed by atoms with E-state index in [0.29, 0.717) is 12.1 Å². The molecule has 4 nitrogen and oxygen atoms in total. The van der Waals surface area contributed by atoms with Crippen LogP contribution in [0.2, 0.25) is 0 Å². The van der Waals surface area contributed by atoms with E-state index < -0.39 is 0 Å². The van der Waals surface area contributed by atoms with Crippen LogP contribution in [0.3, 0.4) is 0 Å². The first kappa shape index (κ1) is 17.6. The van der Waals surface area contributed by atoms with Gasteiger partial charge >= 0.3 is 6.09 Å². The highest BCUT2D eigenvalue weighted by Crippen LogP contribution is 2.40. The topological polar surface area (TPSA) is 38.3 Å². The van der Waals surface area contributed by atoms with Crippen LogP contribution in [-0.4, -0.2) is 42.9 Å². The van der Waals surface area contributed by atoms with Crippen LogP contribution in [0.4, 0.5) is 10.5 Å². The minimum atomic E-state index is -0.332. The third kappa shape index (κ3) is 3.26. The number of anilines is 1. The largest absolute Gasteiger partial charge is 0.445 e. The average molecular weight is 372 g/mol. The lowest BCUT2D eigenvalue weighted by Gasteiger charge is -2.43. The summed E-state index contributed by atoms with van der Waals surface area (Å²) in [6, 6.07) is 9.41. The number of fused-ring (bicyclic) bond motifs is 2. The van der Waals surface area contributed by atoms with Crippen LogP contribution in [0.15, 0.2) is 35.0 Å². The summed E-state index contributed by atoms with van der Waals surface area (Å²) in [4.78, 5) is 12.5. The van der Waals surface area contributed by atoms with Crippen molar-refractivity contribution >= 4 is 23.1 Å². The highest BCUT2D eigenvalue weighted by atomic mass is 32.1. The van der Waals surface area contributed by atoms with Gasteiger partial charge in [-0.05, 0) is 41.4 Å². The van der Waals surface area contributed by atoms with Gasteiger partial charge in [0, 0.05) is 31.2 Å². The highest BCUT2D eigenvalue weighted by Gasteiger charge is 2.49. The number of nitrogens with zero attached hydrogens (tertiary/aromatic N) is 1. The second-order valence-corrected chi connectivity index (χ2v) is 8.98. The number of hydrogen-bond donors (Lipinski definition) is 1. The number of amides is 1. The van der Waals surface area contributed by atoms with Gasteiger partial charge in [0.05, 0.1) is 31.9 Å². The summed E-state index contributed by atoms with van der Waals surface area (Å²) < 4.78 is 6.90. The number of aryl methyl sites for hydroxylation is 1. The van der Waals surface area contributed by atoms with E-state index in [4.69, 9.17) is 4.74 Å². The van der Waals surface area contributed by atoms with E-state index in [1.807, 2.05) is 12.1 Å². The fraction of sp³-hybridized carbons (Fsp3) is 0.476. The van der Waals surface area contributed by atoms with Gasteiger partial charge < -0.3 is 9.22 Å². The lowest BCUT2D eigenvalue weighted by atomic mass is 9.98. The van der Waals surface area contributed by atoms with Gasteiger partial charge in [-0.15, -0.1) is 0 Å². The third-order valence-electron chi connectivity index (χ3n) is 6.30. The normalized spacial score (nSPS) is 26.5. The van der Waals surface area contributed by atoms with Gasteiger partial charge in [-0.2, -0.15) is 11.3 Å². The molecule has 0 saturated carbocycles. The second kappa shape index (κ2) is 6.71. The van der Waals surface area contributed by atoms with E-state index in [9.17, 15) is 4.79 Å². The molecule has 5 heteroatoms. The number of piperidine rings is 1. The van der Waals surface area contributed by atoms with E-state index >= 15 is 0 Å². The molecule has 3 atom stereocenters. The molecule has 2 bridgehead atoms. The average Bonchev–Trinajstić information content (AvgIpc) is 3.13. The molecule has 2 saturated heterocycles. The van der Waals surface area contributed by atoms with Gasteiger partial charge in [0.25, 0.3) is 0 Å². The van der Waals surface area contributed by atoms with E-state index in [1.165, 1.54) is 18.4 Å². The standard InChI is InChI=1S/C21H26N2O2S/c1-14-4-7-20(19(10-14)15-8-9-26-13-15)22-21(24)25-18-11-16-5-6-17(12-18)23(16,2)3/h4,7-10,13,16-18H,5-6,11-12H2,1-3H3/p+1/t16-,17+,18?. The lowest BCUT2D eigenvalue weighted by molar-refractivity contribution is -0.931. The van der Waals surface area contributed by atoms with E-state index in [-0.39, 0.29) is 12.2 Å². The number of quaternary nitrogens is 1. The van der Waals surface area contributed by atoms with Crippen molar-refractivity contribution in [2.24, 2.45) is 0 Å². The summed E-state index contributed by atoms with van der Waals surface area (Å²) in [6.07, 6.45) is 4.15. The maximum Gasteiger partial charge on any atom is 0.411 e. The number of hydrogen-bond acceptors (Lipinski definition) is 3. The van der Waals surface area contributed by atoms with Crippen molar-refractivity contribution in [1.82, 2.24) is 0 Å². The summed E-state index contributed by atoms with van der Waals surface area (Å²) in [6.45, 7) is 2.07. The van der Waals surface area contributed by atoms with E-state index in [1.54, 1.807) is 11.3 Å². The molecule has 1 N–H and O–H groups in total. The summed E-state index contributed by atoms with van der Waals surface area (Å²) in [7, 11) is 4.64. The summed E-state index contributed by atoms with van der Waals surface area (Å²) in [5, 5.41) is 7.14. The van der Waals surface area contributed by atoms with Crippen LogP contribution in [0.25, 0.3) is 11.1 Å². The van der Waals surface area contributed by atoms with Crippen molar-refractivity contribution < 1.29 is 14.0 Å². The van der Waals surface area contributed by atoms with Crippen LogP contribution in [-0.2, 0) is 4.74 Å². The quantitative estimate of drug-likeness (QED) is 0.768. The fourth-order valence-corrected chi connectivity index (χ4v) is 5.30. The zero-order valence-electron chi connectivity index (χ0n) is 15.7. The van der Waals surface area contributed by atoms with Crippen LogP contribution >= 0.6 is 11.3 Å². The molecule has 1 aromatic heterocycles. The molecule has 2 aliphatic rings. The Labute approximate surface area is 159 Å². The van der Waals surface area contributed by atoms with Gasteiger partial charge in [-0.25, -0.2) is 4.79 Å². The molecule has 2 aliphatic heterocycles. The summed E-state index contributed by atoms with van der Waals surface area (Å²) in [5.74, 6) is 0. The van der Waals surface area contributed by atoms with Crippen LogP contribution < -0.4 is 5.32 Å². The second-order valence-electron chi connectivity index (χ2n) is 8.20. The number of carbonyl (C=O) groups excluding carboxylic acids is 1. The minimum Gasteiger partial charge on any atom is -0.445 e. The molecular formula is C21H27N2O2S+.